The molecular weight excluding hydrogens is 231 g/mol. The van der Waals surface area contributed by atoms with Crippen molar-refractivity contribution in [2.75, 3.05) is 0 Å². The van der Waals surface area contributed by atoms with Gasteiger partial charge in [-0.1, -0.05) is 0 Å². The van der Waals surface area contributed by atoms with Gasteiger partial charge in [0.15, 0.2) is 0 Å². The summed E-state index contributed by atoms with van der Waals surface area (Å²) in [6, 6.07) is 0. The summed E-state index contributed by atoms with van der Waals surface area (Å²) in [5.41, 5.74) is -0.178. The SMILES string of the molecule is CC(=O)C12CC3CC(Cl)(CC(Cl)(C3)C1)C2. The molecule has 1 nitrogen and oxygen atoms in total. The van der Waals surface area contributed by atoms with Crippen molar-refractivity contribution in [1.82, 2.24) is 0 Å². The Hall–Kier alpha value is 0.250. The maximum Gasteiger partial charge on any atom is 0.136 e. The van der Waals surface area contributed by atoms with E-state index >= 15 is 0 Å². The van der Waals surface area contributed by atoms with Crippen LogP contribution >= 0.6 is 23.2 Å². The smallest absolute Gasteiger partial charge is 0.136 e. The van der Waals surface area contributed by atoms with Crippen LogP contribution < -0.4 is 0 Å². The van der Waals surface area contributed by atoms with Crippen molar-refractivity contribution < 1.29 is 4.79 Å². The molecule has 4 rings (SSSR count). The first-order valence-electron chi connectivity index (χ1n) is 5.74. The molecule has 0 spiro atoms. The van der Waals surface area contributed by atoms with Crippen LogP contribution in [-0.4, -0.2) is 15.5 Å². The lowest BCUT2D eigenvalue weighted by Crippen LogP contribution is -2.61. The Morgan fingerprint density at radius 2 is 1.60 bits per heavy atom. The lowest BCUT2D eigenvalue weighted by molar-refractivity contribution is -0.138. The molecule has 4 aliphatic rings. The molecule has 0 aromatic rings. The van der Waals surface area contributed by atoms with E-state index in [0.29, 0.717) is 11.7 Å². The zero-order valence-corrected chi connectivity index (χ0v) is 10.5. The van der Waals surface area contributed by atoms with Gasteiger partial charge in [-0.2, -0.15) is 0 Å². The second kappa shape index (κ2) is 2.73. The number of carbonyl (C=O) groups is 1. The molecule has 3 heteroatoms. The minimum Gasteiger partial charge on any atom is -0.299 e. The van der Waals surface area contributed by atoms with Crippen LogP contribution in [0.15, 0.2) is 0 Å². The highest BCUT2D eigenvalue weighted by Gasteiger charge is 2.63. The lowest BCUT2D eigenvalue weighted by Gasteiger charge is -2.62. The fourth-order valence-electron chi connectivity index (χ4n) is 4.60. The molecule has 0 aliphatic heterocycles. The average Bonchev–Trinajstić information content (AvgIpc) is 1.95. The van der Waals surface area contributed by atoms with Crippen LogP contribution in [0.2, 0.25) is 0 Å². The minimum atomic E-state index is -0.178. The van der Waals surface area contributed by atoms with Crippen molar-refractivity contribution in [1.29, 1.82) is 0 Å². The number of carbonyl (C=O) groups excluding carboxylic acids is 1. The van der Waals surface area contributed by atoms with Crippen LogP contribution in [0.25, 0.3) is 0 Å². The van der Waals surface area contributed by atoms with Gasteiger partial charge in [0.2, 0.25) is 0 Å². The second-order valence-corrected chi connectivity index (χ2v) is 7.75. The lowest BCUT2D eigenvalue weighted by atomic mass is 9.48. The van der Waals surface area contributed by atoms with Crippen molar-refractivity contribution in [3.8, 4) is 0 Å². The third kappa shape index (κ3) is 1.39. The second-order valence-electron chi connectivity index (χ2n) is 6.15. The van der Waals surface area contributed by atoms with Crippen LogP contribution in [0.4, 0.5) is 0 Å². The van der Waals surface area contributed by atoms with E-state index in [1.54, 1.807) is 6.92 Å². The maximum absolute atomic E-state index is 11.9. The number of ketones is 1. The Balaban J connectivity index is 2.05. The fourth-order valence-corrected chi connectivity index (χ4v) is 6.13. The zero-order chi connectivity index (χ0) is 10.9. The van der Waals surface area contributed by atoms with Crippen LogP contribution in [0, 0.1) is 11.3 Å². The van der Waals surface area contributed by atoms with Crippen molar-refractivity contribution >= 4 is 29.0 Å². The summed E-state index contributed by atoms with van der Waals surface area (Å²) >= 11 is 13.2. The number of alkyl halides is 2. The van der Waals surface area contributed by atoms with Crippen molar-refractivity contribution in [2.45, 2.75) is 55.2 Å². The van der Waals surface area contributed by atoms with E-state index < -0.39 is 0 Å². The number of hydrogen-bond acceptors (Lipinski definition) is 1. The van der Waals surface area contributed by atoms with E-state index in [4.69, 9.17) is 23.2 Å². The first-order valence-corrected chi connectivity index (χ1v) is 6.49. The van der Waals surface area contributed by atoms with Crippen molar-refractivity contribution in [3.63, 3.8) is 0 Å². The summed E-state index contributed by atoms with van der Waals surface area (Å²) < 4.78 is 0. The van der Waals surface area contributed by atoms with Gasteiger partial charge in [0.1, 0.15) is 5.78 Å². The summed E-state index contributed by atoms with van der Waals surface area (Å²) in [4.78, 5) is 11.5. The van der Waals surface area contributed by atoms with E-state index in [2.05, 4.69) is 0 Å². The largest absolute Gasteiger partial charge is 0.299 e. The standard InChI is InChI=1S/C12H16Cl2O/c1-8(15)10-2-9-3-11(13,5-10)7-12(14,4-9)6-10/h9H,2-7H2,1H3. The molecule has 84 valence electrons. The van der Waals surface area contributed by atoms with E-state index in [-0.39, 0.29) is 15.2 Å². The molecule has 0 heterocycles. The summed E-state index contributed by atoms with van der Waals surface area (Å²) in [5.74, 6) is 0.891. The Labute approximate surface area is 101 Å². The predicted molar refractivity (Wildman–Crippen MR) is 61.5 cm³/mol. The van der Waals surface area contributed by atoms with Gasteiger partial charge in [0.25, 0.3) is 0 Å². The van der Waals surface area contributed by atoms with Gasteiger partial charge in [-0.25, -0.2) is 0 Å². The van der Waals surface area contributed by atoms with Gasteiger partial charge in [-0.15, -0.1) is 23.2 Å². The van der Waals surface area contributed by atoms with Crippen molar-refractivity contribution in [2.24, 2.45) is 11.3 Å². The summed E-state index contributed by atoms with van der Waals surface area (Å²) in [5, 5.41) is 0. The molecule has 2 atom stereocenters. The predicted octanol–water partition coefficient (Wildman–Crippen LogP) is 3.51. The number of Topliss-reactive ketones (excluding diaryl/α,β-unsaturated/α-hetero) is 1. The molecule has 0 aromatic carbocycles. The van der Waals surface area contributed by atoms with Crippen LogP contribution in [-0.2, 0) is 4.79 Å². The highest BCUT2D eigenvalue weighted by Crippen LogP contribution is 2.67. The molecule has 4 bridgehead atoms. The Kier molecular flexibility index (Phi) is 1.90. The maximum atomic E-state index is 11.9. The molecule has 0 N–H and O–H groups in total. The van der Waals surface area contributed by atoms with Gasteiger partial charge >= 0.3 is 0 Å². The summed E-state index contributed by atoms with van der Waals surface area (Å²) in [7, 11) is 0. The Morgan fingerprint density at radius 1 is 1.07 bits per heavy atom. The average molecular weight is 247 g/mol. The van der Waals surface area contributed by atoms with Crippen LogP contribution in [0.5, 0.6) is 0 Å². The van der Waals surface area contributed by atoms with Crippen LogP contribution in [0.1, 0.15) is 45.4 Å². The third-order valence-electron chi connectivity index (χ3n) is 4.68. The first-order chi connectivity index (χ1) is 6.85. The summed E-state index contributed by atoms with van der Waals surface area (Å²) in [6.07, 6.45) is 5.79. The van der Waals surface area contributed by atoms with Gasteiger partial charge < -0.3 is 0 Å². The monoisotopic (exact) mass is 246 g/mol. The zero-order valence-electron chi connectivity index (χ0n) is 8.98. The normalized spacial score (nSPS) is 57.1. The van der Waals surface area contributed by atoms with Crippen molar-refractivity contribution in [3.05, 3.63) is 0 Å². The van der Waals surface area contributed by atoms with E-state index in [9.17, 15) is 4.79 Å². The number of rotatable bonds is 1. The highest BCUT2D eigenvalue weighted by atomic mass is 35.5. The van der Waals surface area contributed by atoms with Gasteiger partial charge in [0, 0.05) is 15.2 Å². The quantitative estimate of drug-likeness (QED) is 0.648. The molecule has 0 aromatic heterocycles. The van der Waals surface area contributed by atoms with Gasteiger partial charge in [0.05, 0.1) is 0 Å². The number of hydrogen-bond donors (Lipinski definition) is 0. The number of halogens is 2. The molecule has 2 unspecified atom stereocenters. The molecule has 0 radical (unpaired) electrons. The first kappa shape index (κ1) is 10.4. The Bertz CT molecular complexity index is 321. The van der Waals surface area contributed by atoms with Gasteiger partial charge in [-0.05, 0) is 51.4 Å². The molecule has 4 aliphatic carbocycles. The van der Waals surface area contributed by atoms with E-state index in [1.807, 2.05) is 0 Å². The highest BCUT2D eigenvalue weighted by molar-refractivity contribution is 6.28. The Morgan fingerprint density at radius 3 is 2.00 bits per heavy atom. The topological polar surface area (TPSA) is 17.1 Å². The molecule has 4 saturated carbocycles. The van der Waals surface area contributed by atoms with Gasteiger partial charge in [-0.3, -0.25) is 4.79 Å². The summed E-state index contributed by atoms with van der Waals surface area (Å²) in [6.45, 7) is 1.72. The molecule has 15 heavy (non-hydrogen) atoms. The molecule has 4 fully saturated rings. The fraction of sp³-hybridized carbons (Fsp3) is 0.917. The molecule has 0 saturated heterocycles. The van der Waals surface area contributed by atoms with E-state index in [1.165, 1.54) is 0 Å². The third-order valence-corrected chi connectivity index (χ3v) is 5.52. The van der Waals surface area contributed by atoms with Crippen LogP contribution in [0.3, 0.4) is 0 Å². The molecule has 0 amide bonds. The molecular formula is C12H16Cl2O. The van der Waals surface area contributed by atoms with E-state index in [0.717, 1.165) is 38.5 Å². The minimum absolute atomic E-state index is 0.174.